The number of rotatable bonds is 7. The molecule has 176 valence electrons. The lowest BCUT2D eigenvalue weighted by molar-refractivity contribution is 0.153. The largest absolute Gasteiger partial charge is 0.486 e. The topological polar surface area (TPSA) is 65.0 Å². The molecule has 8 heteroatoms. The summed E-state index contributed by atoms with van der Waals surface area (Å²) < 4.78 is 18.8. The van der Waals surface area contributed by atoms with Crippen molar-refractivity contribution >= 4 is 34.0 Å². The first-order valence-electron chi connectivity index (χ1n) is 11.2. The van der Waals surface area contributed by atoms with Crippen LogP contribution in [0.5, 0.6) is 11.5 Å². The van der Waals surface area contributed by atoms with Gasteiger partial charge in [-0.3, -0.25) is 0 Å². The molecular formula is C26H27N3O4S. The highest BCUT2D eigenvalue weighted by Crippen LogP contribution is 2.36. The van der Waals surface area contributed by atoms with Crippen molar-refractivity contribution in [2.45, 2.75) is 6.54 Å². The van der Waals surface area contributed by atoms with Crippen LogP contribution in [0.1, 0.15) is 5.56 Å². The number of carbonyl (C=O) groups is 1. The zero-order valence-electron chi connectivity index (χ0n) is 19.2. The molecular weight excluding hydrogens is 450 g/mol. The van der Waals surface area contributed by atoms with Crippen LogP contribution in [0.3, 0.4) is 0 Å². The first kappa shape index (κ1) is 22.3. The molecule has 1 aliphatic rings. The lowest BCUT2D eigenvalue weighted by atomic mass is 10.1. The Bertz CT molecular complexity index is 1300. The van der Waals surface area contributed by atoms with Gasteiger partial charge < -0.3 is 29.0 Å². The van der Waals surface area contributed by atoms with E-state index in [2.05, 4.69) is 46.6 Å². The van der Waals surface area contributed by atoms with Crippen molar-refractivity contribution in [1.82, 2.24) is 9.47 Å². The van der Waals surface area contributed by atoms with Gasteiger partial charge in [-0.25, -0.2) is 4.79 Å². The van der Waals surface area contributed by atoms with Gasteiger partial charge >= 0.3 is 6.03 Å². The number of urea groups is 1. The minimum Gasteiger partial charge on any atom is -0.486 e. The van der Waals surface area contributed by atoms with Gasteiger partial charge in [-0.15, -0.1) is 11.3 Å². The SMILES string of the molecule is COCCN(Cc1c(-c2cccs2)n(C)c2ccccc12)C(=O)Nc1ccc2c(c1)OCCO2. The van der Waals surface area contributed by atoms with Crippen LogP contribution in [0, 0.1) is 0 Å². The zero-order valence-corrected chi connectivity index (χ0v) is 20.1. The molecule has 2 amide bonds. The molecule has 2 aromatic heterocycles. The fourth-order valence-electron chi connectivity index (χ4n) is 4.33. The Morgan fingerprint density at radius 1 is 1.12 bits per heavy atom. The molecule has 4 aromatic rings. The number of benzene rings is 2. The summed E-state index contributed by atoms with van der Waals surface area (Å²) in [6.07, 6.45) is 0. The van der Waals surface area contributed by atoms with Crippen LogP contribution in [0.15, 0.2) is 60.0 Å². The van der Waals surface area contributed by atoms with Crippen LogP contribution in [0.2, 0.25) is 0 Å². The van der Waals surface area contributed by atoms with E-state index in [1.807, 2.05) is 24.3 Å². The van der Waals surface area contributed by atoms with Crippen molar-refractivity contribution in [3.63, 3.8) is 0 Å². The molecule has 0 saturated carbocycles. The number of nitrogens with zero attached hydrogens (tertiary/aromatic N) is 2. The molecule has 0 spiro atoms. The lowest BCUT2D eigenvalue weighted by Crippen LogP contribution is -2.37. The molecule has 0 atom stereocenters. The Morgan fingerprint density at radius 2 is 1.94 bits per heavy atom. The van der Waals surface area contributed by atoms with Gasteiger partial charge in [0.25, 0.3) is 0 Å². The van der Waals surface area contributed by atoms with Crippen molar-refractivity contribution in [3.05, 3.63) is 65.5 Å². The van der Waals surface area contributed by atoms with E-state index >= 15 is 0 Å². The Labute approximate surface area is 202 Å². The fourth-order valence-corrected chi connectivity index (χ4v) is 5.16. The van der Waals surface area contributed by atoms with Crippen molar-refractivity contribution < 1.29 is 19.0 Å². The molecule has 0 unspecified atom stereocenters. The molecule has 0 saturated heterocycles. The second kappa shape index (κ2) is 9.79. The highest BCUT2D eigenvalue weighted by atomic mass is 32.1. The van der Waals surface area contributed by atoms with Gasteiger partial charge in [0.2, 0.25) is 0 Å². The van der Waals surface area contributed by atoms with Crippen LogP contribution in [-0.2, 0) is 18.3 Å². The smallest absolute Gasteiger partial charge is 0.322 e. The highest BCUT2D eigenvalue weighted by molar-refractivity contribution is 7.13. The maximum atomic E-state index is 13.4. The third kappa shape index (κ3) is 4.34. The van der Waals surface area contributed by atoms with Gasteiger partial charge in [-0.05, 0) is 29.6 Å². The minimum atomic E-state index is -0.196. The number of para-hydroxylation sites is 1. The first-order chi connectivity index (χ1) is 16.7. The summed E-state index contributed by atoms with van der Waals surface area (Å²) in [5.41, 5.74) is 4.05. The summed E-state index contributed by atoms with van der Waals surface area (Å²) in [5, 5.41) is 6.24. The molecule has 1 N–H and O–H groups in total. The van der Waals surface area contributed by atoms with E-state index in [0.717, 1.165) is 22.2 Å². The van der Waals surface area contributed by atoms with Crippen molar-refractivity contribution in [2.24, 2.45) is 7.05 Å². The van der Waals surface area contributed by atoms with Gasteiger partial charge in [0.1, 0.15) is 13.2 Å². The molecule has 3 heterocycles. The maximum absolute atomic E-state index is 13.4. The van der Waals surface area contributed by atoms with E-state index in [0.29, 0.717) is 50.1 Å². The second-order valence-corrected chi connectivity index (χ2v) is 9.03. The average Bonchev–Trinajstić information content (AvgIpc) is 3.48. The molecule has 34 heavy (non-hydrogen) atoms. The van der Waals surface area contributed by atoms with Crippen molar-refractivity contribution in [1.29, 1.82) is 0 Å². The lowest BCUT2D eigenvalue weighted by Gasteiger charge is -2.24. The Hall–Kier alpha value is -3.49. The van der Waals surface area contributed by atoms with E-state index < -0.39 is 0 Å². The molecule has 7 nitrogen and oxygen atoms in total. The predicted octanol–water partition coefficient (Wildman–Crippen LogP) is 5.36. The number of nitrogens with one attached hydrogen (secondary N) is 1. The fraction of sp³-hybridized carbons (Fsp3) is 0.269. The van der Waals surface area contributed by atoms with Crippen LogP contribution in [0.25, 0.3) is 21.5 Å². The number of carbonyl (C=O) groups excluding carboxylic acids is 1. The number of thiophene rings is 1. The van der Waals surface area contributed by atoms with E-state index in [9.17, 15) is 4.79 Å². The quantitative estimate of drug-likeness (QED) is 0.389. The summed E-state index contributed by atoms with van der Waals surface area (Å²) >= 11 is 1.70. The monoisotopic (exact) mass is 477 g/mol. The number of anilines is 1. The zero-order chi connectivity index (χ0) is 23.5. The number of hydrogen-bond acceptors (Lipinski definition) is 5. The molecule has 0 fully saturated rings. The van der Waals surface area contributed by atoms with Crippen LogP contribution in [0.4, 0.5) is 10.5 Å². The number of amides is 2. The van der Waals surface area contributed by atoms with Gasteiger partial charge in [0.15, 0.2) is 11.5 Å². The normalized spacial score (nSPS) is 12.6. The molecule has 2 aromatic carbocycles. The summed E-state index contributed by atoms with van der Waals surface area (Å²) in [6, 6.07) is 17.8. The van der Waals surface area contributed by atoms with Crippen LogP contribution >= 0.6 is 11.3 Å². The summed E-state index contributed by atoms with van der Waals surface area (Å²) in [4.78, 5) is 16.4. The van der Waals surface area contributed by atoms with Crippen molar-refractivity contribution in [2.75, 3.05) is 38.8 Å². The molecule has 0 bridgehead atoms. The van der Waals surface area contributed by atoms with Gasteiger partial charge in [-0.1, -0.05) is 24.3 Å². The number of hydrogen-bond donors (Lipinski definition) is 1. The maximum Gasteiger partial charge on any atom is 0.322 e. The van der Waals surface area contributed by atoms with Gasteiger partial charge in [0.05, 0.1) is 23.7 Å². The minimum absolute atomic E-state index is 0.196. The predicted molar refractivity (Wildman–Crippen MR) is 135 cm³/mol. The van der Waals surface area contributed by atoms with Crippen LogP contribution < -0.4 is 14.8 Å². The molecule has 0 aliphatic carbocycles. The van der Waals surface area contributed by atoms with E-state index in [1.165, 1.54) is 4.88 Å². The van der Waals surface area contributed by atoms with Gasteiger partial charge in [0, 0.05) is 48.9 Å². The van der Waals surface area contributed by atoms with Gasteiger partial charge in [-0.2, -0.15) is 0 Å². The molecule has 1 aliphatic heterocycles. The number of ether oxygens (including phenoxy) is 3. The average molecular weight is 478 g/mol. The standard InChI is InChI=1S/C26H27N3O4S/c1-28-21-7-4-3-6-19(21)20(25(28)24-8-5-15-34-24)17-29(11-12-31-2)26(30)27-18-9-10-22-23(16-18)33-14-13-32-22/h3-10,15-16H,11-14,17H2,1-2H3,(H,27,30). The summed E-state index contributed by atoms with van der Waals surface area (Å²) in [7, 11) is 3.72. The van der Waals surface area contributed by atoms with Crippen molar-refractivity contribution in [3.8, 4) is 22.1 Å². The highest BCUT2D eigenvalue weighted by Gasteiger charge is 2.23. The second-order valence-electron chi connectivity index (χ2n) is 8.08. The number of methoxy groups -OCH3 is 1. The molecule has 0 radical (unpaired) electrons. The van der Waals surface area contributed by atoms with E-state index in [1.54, 1.807) is 29.4 Å². The third-order valence-electron chi connectivity index (χ3n) is 5.96. The summed E-state index contributed by atoms with van der Waals surface area (Å²) in [5.74, 6) is 1.33. The first-order valence-corrected chi connectivity index (χ1v) is 12.1. The number of fused-ring (bicyclic) bond motifs is 2. The van der Waals surface area contributed by atoms with Crippen LogP contribution in [-0.4, -0.2) is 49.0 Å². The Morgan fingerprint density at radius 3 is 2.74 bits per heavy atom. The van der Waals surface area contributed by atoms with E-state index in [4.69, 9.17) is 14.2 Å². The Balaban J connectivity index is 1.47. The summed E-state index contributed by atoms with van der Waals surface area (Å²) in [6.45, 7) is 2.38. The third-order valence-corrected chi connectivity index (χ3v) is 6.84. The number of aromatic nitrogens is 1. The Kier molecular flexibility index (Phi) is 6.42. The van der Waals surface area contributed by atoms with E-state index in [-0.39, 0.29) is 6.03 Å². The molecule has 5 rings (SSSR count). The number of aryl methyl sites for hydroxylation is 1.